The number of methoxy groups -OCH3 is 1. The molecule has 0 saturated carbocycles. The molecule has 1 N–H and O–H groups in total. The van der Waals surface area contributed by atoms with Gasteiger partial charge < -0.3 is 10.1 Å². The van der Waals surface area contributed by atoms with Gasteiger partial charge >= 0.3 is 5.97 Å². The zero-order valence-corrected chi connectivity index (χ0v) is 12.9. The van der Waals surface area contributed by atoms with Gasteiger partial charge in [0.05, 0.1) is 24.1 Å². The van der Waals surface area contributed by atoms with E-state index < -0.39 is 5.97 Å². The number of hydrogen-bond acceptors (Lipinski definition) is 4. The minimum atomic E-state index is -0.473. The second-order valence-electron chi connectivity index (χ2n) is 5.00. The van der Waals surface area contributed by atoms with Crippen LogP contribution in [0.2, 0.25) is 0 Å². The van der Waals surface area contributed by atoms with Crippen LogP contribution in [0.15, 0.2) is 30.5 Å². The molecule has 0 radical (unpaired) electrons. The molecule has 6 nitrogen and oxygen atoms in total. The first-order valence-electron chi connectivity index (χ1n) is 6.97. The van der Waals surface area contributed by atoms with Crippen LogP contribution in [0.25, 0.3) is 0 Å². The SMILES string of the molecule is COC(=O)c1ccccc1NC(=O)CCc1cn(C)nc1C. The number of carbonyl (C=O) groups is 2. The molecule has 1 aromatic heterocycles. The zero-order chi connectivity index (χ0) is 16.1. The predicted octanol–water partition coefficient (Wildman–Crippen LogP) is 2.09. The Morgan fingerprint density at radius 3 is 2.68 bits per heavy atom. The first-order valence-corrected chi connectivity index (χ1v) is 6.97. The van der Waals surface area contributed by atoms with E-state index in [1.165, 1.54) is 7.11 Å². The van der Waals surface area contributed by atoms with Crippen molar-refractivity contribution in [2.75, 3.05) is 12.4 Å². The molecule has 0 bridgehead atoms. The summed E-state index contributed by atoms with van der Waals surface area (Å²) in [6.07, 6.45) is 2.83. The van der Waals surface area contributed by atoms with Gasteiger partial charge in [-0.15, -0.1) is 0 Å². The van der Waals surface area contributed by atoms with Crippen LogP contribution in [0.1, 0.15) is 28.0 Å². The van der Waals surface area contributed by atoms with Crippen LogP contribution < -0.4 is 5.32 Å². The Kier molecular flexibility index (Phi) is 4.93. The molecule has 2 rings (SSSR count). The maximum absolute atomic E-state index is 12.1. The van der Waals surface area contributed by atoms with Gasteiger partial charge in [-0.1, -0.05) is 12.1 Å². The molecule has 0 aliphatic rings. The lowest BCUT2D eigenvalue weighted by Crippen LogP contribution is -2.15. The number of aryl methyl sites for hydroxylation is 3. The predicted molar refractivity (Wildman–Crippen MR) is 82.7 cm³/mol. The van der Waals surface area contributed by atoms with Crippen molar-refractivity contribution in [3.63, 3.8) is 0 Å². The summed E-state index contributed by atoms with van der Waals surface area (Å²) >= 11 is 0. The first kappa shape index (κ1) is 15.8. The van der Waals surface area contributed by atoms with Gasteiger partial charge in [-0.3, -0.25) is 9.48 Å². The number of para-hydroxylation sites is 1. The molecule has 2 aromatic rings. The van der Waals surface area contributed by atoms with Crippen LogP contribution >= 0.6 is 0 Å². The third-order valence-corrected chi connectivity index (χ3v) is 3.34. The summed E-state index contributed by atoms with van der Waals surface area (Å²) in [4.78, 5) is 23.7. The number of nitrogens with one attached hydrogen (secondary N) is 1. The number of amides is 1. The van der Waals surface area contributed by atoms with Crippen molar-refractivity contribution >= 4 is 17.6 Å². The van der Waals surface area contributed by atoms with E-state index in [0.717, 1.165) is 11.3 Å². The molecule has 1 amide bonds. The highest BCUT2D eigenvalue weighted by atomic mass is 16.5. The Morgan fingerprint density at radius 1 is 1.32 bits per heavy atom. The fraction of sp³-hybridized carbons (Fsp3) is 0.312. The summed E-state index contributed by atoms with van der Waals surface area (Å²) in [6.45, 7) is 1.92. The third kappa shape index (κ3) is 3.72. The van der Waals surface area contributed by atoms with E-state index in [0.29, 0.717) is 24.1 Å². The van der Waals surface area contributed by atoms with E-state index in [2.05, 4.69) is 10.4 Å². The highest BCUT2D eigenvalue weighted by Gasteiger charge is 2.13. The Balaban J connectivity index is 2.01. The van der Waals surface area contributed by atoms with Crippen LogP contribution in [0.5, 0.6) is 0 Å². The minimum Gasteiger partial charge on any atom is -0.465 e. The largest absolute Gasteiger partial charge is 0.465 e. The lowest BCUT2D eigenvalue weighted by molar-refractivity contribution is -0.116. The molecule has 0 fully saturated rings. The monoisotopic (exact) mass is 301 g/mol. The second kappa shape index (κ2) is 6.89. The van der Waals surface area contributed by atoms with Crippen molar-refractivity contribution in [2.24, 2.45) is 7.05 Å². The van der Waals surface area contributed by atoms with Gasteiger partial charge in [0.15, 0.2) is 0 Å². The summed E-state index contributed by atoms with van der Waals surface area (Å²) in [5.41, 5.74) is 2.77. The smallest absolute Gasteiger partial charge is 0.339 e. The Morgan fingerprint density at radius 2 is 2.05 bits per heavy atom. The highest BCUT2D eigenvalue weighted by Crippen LogP contribution is 2.17. The van der Waals surface area contributed by atoms with E-state index in [1.54, 1.807) is 28.9 Å². The van der Waals surface area contributed by atoms with Crippen LogP contribution in [0.3, 0.4) is 0 Å². The fourth-order valence-corrected chi connectivity index (χ4v) is 2.24. The molecule has 6 heteroatoms. The number of nitrogens with zero attached hydrogens (tertiary/aromatic N) is 2. The van der Waals surface area contributed by atoms with Crippen molar-refractivity contribution in [1.82, 2.24) is 9.78 Å². The molecule has 0 saturated heterocycles. The van der Waals surface area contributed by atoms with Gasteiger partial charge in [0.1, 0.15) is 0 Å². The standard InChI is InChI=1S/C16H19N3O3/c1-11-12(10-19(2)18-11)8-9-15(20)17-14-7-5-4-6-13(14)16(21)22-3/h4-7,10H,8-9H2,1-3H3,(H,17,20). The summed E-state index contributed by atoms with van der Waals surface area (Å²) in [5.74, 6) is -0.626. The maximum Gasteiger partial charge on any atom is 0.339 e. The van der Waals surface area contributed by atoms with Crippen molar-refractivity contribution in [1.29, 1.82) is 0 Å². The van der Waals surface area contributed by atoms with Crippen molar-refractivity contribution in [3.05, 3.63) is 47.3 Å². The molecule has 1 aromatic carbocycles. The number of ether oxygens (including phenoxy) is 1. The molecule has 1 heterocycles. The molecule has 0 aliphatic heterocycles. The quantitative estimate of drug-likeness (QED) is 0.858. The minimum absolute atomic E-state index is 0.153. The van der Waals surface area contributed by atoms with E-state index in [1.807, 2.05) is 20.2 Å². The topological polar surface area (TPSA) is 73.2 Å². The van der Waals surface area contributed by atoms with Crippen molar-refractivity contribution in [2.45, 2.75) is 19.8 Å². The third-order valence-electron chi connectivity index (χ3n) is 3.34. The Labute approximate surface area is 129 Å². The number of carbonyl (C=O) groups excluding carboxylic acids is 2. The van der Waals surface area contributed by atoms with Gasteiger partial charge in [0, 0.05) is 19.7 Å². The molecule has 22 heavy (non-hydrogen) atoms. The summed E-state index contributed by atoms with van der Waals surface area (Å²) in [5, 5.41) is 7.00. The number of rotatable bonds is 5. The molecule has 0 spiro atoms. The van der Waals surface area contributed by atoms with E-state index >= 15 is 0 Å². The van der Waals surface area contributed by atoms with Gasteiger partial charge in [0.2, 0.25) is 5.91 Å². The van der Waals surface area contributed by atoms with Crippen molar-refractivity contribution in [3.8, 4) is 0 Å². The lowest BCUT2D eigenvalue weighted by Gasteiger charge is -2.09. The van der Waals surface area contributed by atoms with Gasteiger partial charge in [0.25, 0.3) is 0 Å². The van der Waals surface area contributed by atoms with E-state index in [-0.39, 0.29) is 5.91 Å². The number of benzene rings is 1. The first-order chi connectivity index (χ1) is 10.5. The normalized spacial score (nSPS) is 10.3. The number of esters is 1. The molecule has 0 unspecified atom stereocenters. The Hall–Kier alpha value is -2.63. The molecule has 0 atom stereocenters. The van der Waals surface area contributed by atoms with Gasteiger partial charge in [-0.05, 0) is 31.0 Å². The lowest BCUT2D eigenvalue weighted by atomic mass is 10.1. The van der Waals surface area contributed by atoms with E-state index in [4.69, 9.17) is 4.74 Å². The maximum atomic E-state index is 12.1. The zero-order valence-electron chi connectivity index (χ0n) is 12.9. The van der Waals surface area contributed by atoms with Crippen LogP contribution in [-0.4, -0.2) is 28.8 Å². The van der Waals surface area contributed by atoms with Crippen LogP contribution in [0, 0.1) is 6.92 Å². The summed E-state index contributed by atoms with van der Waals surface area (Å²) in [6, 6.07) is 6.78. The van der Waals surface area contributed by atoms with Gasteiger partial charge in [-0.25, -0.2) is 4.79 Å². The highest BCUT2D eigenvalue weighted by molar-refractivity contribution is 6.01. The summed E-state index contributed by atoms with van der Waals surface area (Å²) in [7, 11) is 3.16. The molecular weight excluding hydrogens is 282 g/mol. The van der Waals surface area contributed by atoms with E-state index in [9.17, 15) is 9.59 Å². The number of hydrogen-bond donors (Lipinski definition) is 1. The van der Waals surface area contributed by atoms with Crippen LogP contribution in [-0.2, 0) is 23.0 Å². The molecule has 0 aliphatic carbocycles. The second-order valence-corrected chi connectivity index (χ2v) is 5.00. The summed E-state index contributed by atoms with van der Waals surface area (Å²) < 4.78 is 6.44. The average Bonchev–Trinajstić information content (AvgIpc) is 2.83. The number of aromatic nitrogens is 2. The molecule has 116 valence electrons. The molecular formula is C16H19N3O3. The van der Waals surface area contributed by atoms with Crippen LogP contribution in [0.4, 0.5) is 5.69 Å². The Bertz CT molecular complexity index is 692. The number of anilines is 1. The fourth-order valence-electron chi connectivity index (χ4n) is 2.24. The van der Waals surface area contributed by atoms with Gasteiger partial charge in [-0.2, -0.15) is 5.10 Å². The average molecular weight is 301 g/mol. The van der Waals surface area contributed by atoms with Crippen molar-refractivity contribution < 1.29 is 14.3 Å².